The molecule has 0 aromatic rings. The molecule has 0 spiro atoms. The molecule has 0 aromatic heterocycles. The van der Waals surface area contributed by atoms with E-state index in [1.165, 1.54) is 25.7 Å². The summed E-state index contributed by atoms with van der Waals surface area (Å²) in [5.41, 5.74) is 1.77. The number of hydrogen-bond donors (Lipinski definition) is 0. The van der Waals surface area contributed by atoms with Gasteiger partial charge >= 0.3 is 0 Å². The van der Waals surface area contributed by atoms with E-state index >= 15 is 0 Å². The summed E-state index contributed by atoms with van der Waals surface area (Å²) in [4.78, 5) is 0. The van der Waals surface area contributed by atoms with Crippen LogP contribution in [-0.4, -0.2) is 0 Å². The molecule has 4 unspecified atom stereocenters. The van der Waals surface area contributed by atoms with Gasteiger partial charge in [0, 0.05) is 0 Å². The van der Waals surface area contributed by atoms with Gasteiger partial charge in [-0.2, -0.15) is 0 Å². The summed E-state index contributed by atoms with van der Waals surface area (Å²) in [6.07, 6.45) is 8.14. The van der Waals surface area contributed by atoms with Crippen LogP contribution < -0.4 is 0 Å². The molecule has 0 heterocycles. The Bertz CT molecular complexity index is 214. The van der Waals surface area contributed by atoms with Crippen molar-refractivity contribution in [3.8, 4) is 0 Å². The van der Waals surface area contributed by atoms with Gasteiger partial charge < -0.3 is 0 Å². The monoisotopic (exact) mass is 178 g/mol. The first kappa shape index (κ1) is 9.30. The first-order valence-corrected chi connectivity index (χ1v) is 5.93. The minimum absolute atomic E-state index is 0.914. The summed E-state index contributed by atoms with van der Waals surface area (Å²) >= 11 is 0. The average Bonchev–Trinajstić information content (AvgIpc) is 2.14. The maximum atomic E-state index is 2.55. The normalized spacial score (nSPS) is 44.4. The van der Waals surface area contributed by atoms with E-state index in [0.29, 0.717) is 0 Å². The molecule has 1 fully saturated rings. The van der Waals surface area contributed by atoms with Crippen molar-refractivity contribution in [1.82, 2.24) is 0 Å². The van der Waals surface area contributed by atoms with Gasteiger partial charge in [0.1, 0.15) is 0 Å². The highest BCUT2D eigenvalue weighted by molar-refractivity contribution is 5.15. The highest BCUT2D eigenvalue weighted by Crippen LogP contribution is 2.49. The number of fused-ring (bicyclic) bond motifs is 1. The molecule has 4 atom stereocenters. The van der Waals surface area contributed by atoms with Crippen molar-refractivity contribution in [2.24, 2.45) is 23.7 Å². The van der Waals surface area contributed by atoms with E-state index in [1.807, 2.05) is 0 Å². The Morgan fingerprint density at radius 1 is 1.31 bits per heavy atom. The Kier molecular flexibility index (Phi) is 2.49. The SMILES string of the molecule is CCC1=CCC(C)C(C)C2CCC12. The zero-order valence-electron chi connectivity index (χ0n) is 9.22. The zero-order valence-corrected chi connectivity index (χ0v) is 9.22. The van der Waals surface area contributed by atoms with E-state index in [1.54, 1.807) is 5.57 Å². The second-order valence-electron chi connectivity index (χ2n) is 5.05. The zero-order chi connectivity index (χ0) is 9.42. The van der Waals surface area contributed by atoms with Gasteiger partial charge in [-0.3, -0.25) is 0 Å². The molecule has 2 aliphatic rings. The van der Waals surface area contributed by atoms with Gasteiger partial charge in [-0.25, -0.2) is 0 Å². The topological polar surface area (TPSA) is 0 Å². The Morgan fingerprint density at radius 2 is 2.08 bits per heavy atom. The largest absolute Gasteiger partial charge is 0.0848 e. The number of allylic oxidation sites excluding steroid dienone is 2. The Balaban J connectivity index is 2.16. The van der Waals surface area contributed by atoms with E-state index < -0.39 is 0 Å². The fourth-order valence-electron chi connectivity index (χ4n) is 3.15. The molecule has 0 amide bonds. The molecule has 0 nitrogen and oxygen atoms in total. The lowest BCUT2D eigenvalue weighted by Gasteiger charge is -2.42. The molecule has 1 saturated carbocycles. The van der Waals surface area contributed by atoms with Crippen LogP contribution in [0.1, 0.15) is 46.5 Å². The van der Waals surface area contributed by atoms with Crippen LogP contribution in [0.25, 0.3) is 0 Å². The van der Waals surface area contributed by atoms with Gasteiger partial charge in [0.15, 0.2) is 0 Å². The summed E-state index contributed by atoms with van der Waals surface area (Å²) in [5.74, 6) is 3.88. The summed E-state index contributed by atoms with van der Waals surface area (Å²) < 4.78 is 0. The third kappa shape index (κ3) is 1.45. The molecule has 2 rings (SSSR count). The van der Waals surface area contributed by atoms with Crippen LogP contribution in [0.4, 0.5) is 0 Å². The first-order valence-electron chi connectivity index (χ1n) is 5.93. The second-order valence-corrected chi connectivity index (χ2v) is 5.05. The smallest absolute Gasteiger partial charge is 0.0172 e. The fraction of sp³-hybridized carbons (Fsp3) is 0.846. The van der Waals surface area contributed by atoms with Crippen LogP contribution in [0.3, 0.4) is 0 Å². The Labute approximate surface area is 82.4 Å². The predicted octanol–water partition coefficient (Wildman–Crippen LogP) is 4.02. The third-order valence-corrected chi connectivity index (χ3v) is 4.54. The average molecular weight is 178 g/mol. The predicted molar refractivity (Wildman–Crippen MR) is 57.5 cm³/mol. The molecule has 0 aromatic carbocycles. The van der Waals surface area contributed by atoms with Crippen LogP contribution in [0.15, 0.2) is 11.6 Å². The van der Waals surface area contributed by atoms with E-state index in [-0.39, 0.29) is 0 Å². The molecule has 0 radical (unpaired) electrons. The lowest BCUT2D eigenvalue weighted by atomic mass is 9.63. The maximum absolute atomic E-state index is 2.55. The highest BCUT2D eigenvalue weighted by Gasteiger charge is 2.39. The van der Waals surface area contributed by atoms with Crippen molar-refractivity contribution in [3.63, 3.8) is 0 Å². The molecule has 13 heavy (non-hydrogen) atoms. The molecule has 0 N–H and O–H groups in total. The summed E-state index contributed by atoms with van der Waals surface area (Å²) in [6, 6.07) is 0. The molecular formula is C13H22. The molecule has 0 saturated heterocycles. The standard InChI is InChI=1S/C13H22/c1-4-11-6-5-9(2)10(3)12-7-8-13(11)12/h6,9-10,12-13H,4-5,7-8H2,1-3H3. The van der Waals surface area contributed by atoms with Gasteiger partial charge in [0.05, 0.1) is 0 Å². The number of rotatable bonds is 1. The second kappa shape index (κ2) is 3.48. The minimum atomic E-state index is 0.914. The van der Waals surface area contributed by atoms with E-state index in [0.717, 1.165) is 23.7 Å². The van der Waals surface area contributed by atoms with Gasteiger partial charge in [-0.15, -0.1) is 0 Å². The molecule has 0 bridgehead atoms. The quantitative estimate of drug-likeness (QED) is 0.532. The minimum Gasteiger partial charge on any atom is -0.0848 e. The lowest BCUT2D eigenvalue weighted by molar-refractivity contribution is 0.113. The van der Waals surface area contributed by atoms with Crippen molar-refractivity contribution in [2.45, 2.75) is 46.5 Å². The maximum Gasteiger partial charge on any atom is -0.0172 e. The van der Waals surface area contributed by atoms with Crippen molar-refractivity contribution in [3.05, 3.63) is 11.6 Å². The van der Waals surface area contributed by atoms with Gasteiger partial charge in [0.25, 0.3) is 0 Å². The number of hydrogen-bond acceptors (Lipinski definition) is 0. The van der Waals surface area contributed by atoms with Crippen LogP contribution in [0.2, 0.25) is 0 Å². The fourth-order valence-corrected chi connectivity index (χ4v) is 3.15. The molecule has 2 aliphatic carbocycles. The summed E-state index contributed by atoms with van der Waals surface area (Å²) in [6.45, 7) is 7.21. The molecular weight excluding hydrogens is 156 g/mol. The summed E-state index contributed by atoms with van der Waals surface area (Å²) in [5, 5.41) is 0. The van der Waals surface area contributed by atoms with E-state index in [4.69, 9.17) is 0 Å². The molecule has 0 heteroatoms. The third-order valence-electron chi connectivity index (χ3n) is 4.54. The molecule has 0 aliphatic heterocycles. The van der Waals surface area contributed by atoms with E-state index in [9.17, 15) is 0 Å². The van der Waals surface area contributed by atoms with Crippen molar-refractivity contribution in [2.75, 3.05) is 0 Å². The Hall–Kier alpha value is -0.260. The van der Waals surface area contributed by atoms with Gasteiger partial charge in [-0.05, 0) is 49.4 Å². The van der Waals surface area contributed by atoms with Gasteiger partial charge in [-0.1, -0.05) is 32.4 Å². The van der Waals surface area contributed by atoms with Crippen LogP contribution in [-0.2, 0) is 0 Å². The highest BCUT2D eigenvalue weighted by atomic mass is 14.4. The van der Waals surface area contributed by atoms with Crippen molar-refractivity contribution >= 4 is 0 Å². The molecule has 74 valence electrons. The Morgan fingerprint density at radius 3 is 2.62 bits per heavy atom. The van der Waals surface area contributed by atoms with Crippen molar-refractivity contribution < 1.29 is 0 Å². The summed E-state index contributed by atoms with van der Waals surface area (Å²) in [7, 11) is 0. The van der Waals surface area contributed by atoms with Crippen LogP contribution in [0, 0.1) is 23.7 Å². The van der Waals surface area contributed by atoms with Gasteiger partial charge in [0.2, 0.25) is 0 Å². The first-order chi connectivity index (χ1) is 6.24. The van der Waals surface area contributed by atoms with Crippen LogP contribution in [0.5, 0.6) is 0 Å². The van der Waals surface area contributed by atoms with Crippen LogP contribution >= 0.6 is 0 Å². The van der Waals surface area contributed by atoms with E-state index in [2.05, 4.69) is 26.8 Å². The van der Waals surface area contributed by atoms with Crippen molar-refractivity contribution in [1.29, 1.82) is 0 Å². The lowest BCUT2D eigenvalue weighted by Crippen LogP contribution is -2.33.